The van der Waals surface area contributed by atoms with Gasteiger partial charge in [0.1, 0.15) is 0 Å². The van der Waals surface area contributed by atoms with Crippen LogP contribution in [0.2, 0.25) is 0 Å². The van der Waals surface area contributed by atoms with E-state index in [9.17, 15) is 0 Å². The molecule has 0 unspecified atom stereocenters. The molecule has 2 aromatic heterocycles. The first kappa shape index (κ1) is 8.93. The van der Waals surface area contributed by atoms with Crippen LogP contribution in [0.1, 0.15) is 23.1 Å². The quantitative estimate of drug-likeness (QED) is 0.718. The Morgan fingerprint density at radius 2 is 2.14 bits per heavy atom. The number of nitrogens with zero attached hydrogens (tertiary/aromatic N) is 4. The minimum atomic E-state index is 0.592. The zero-order chi connectivity index (χ0) is 10.1. The predicted molar refractivity (Wildman–Crippen MR) is 49.8 cm³/mol. The lowest BCUT2D eigenvalue weighted by Crippen LogP contribution is -2.02. The second kappa shape index (κ2) is 3.25. The second-order valence-corrected chi connectivity index (χ2v) is 3.27. The fraction of sp³-hybridized carbons (Fsp3) is 0.444. The summed E-state index contributed by atoms with van der Waals surface area (Å²) in [6.45, 7) is 6.40. The van der Waals surface area contributed by atoms with Crippen LogP contribution in [0, 0.1) is 20.8 Å². The first-order chi connectivity index (χ1) is 6.66. The molecule has 0 saturated carbocycles. The molecule has 0 aliphatic heterocycles. The number of rotatable bonds is 2. The van der Waals surface area contributed by atoms with Gasteiger partial charge in [0.2, 0.25) is 5.89 Å². The monoisotopic (exact) mass is 192 g/mol. The van der Waals surface area contributed by atoms with Crippen LogP contribution < -0.4 is 0 Å². The summed E-state index contributed by atoms with van der Waals surface area (Å²) < 4.78 is 6.89. The van der Waals surface area contributed by atoms with Crippen molar-refractivity contribution < 1.29 is 4.52 Å². The topological polar surface area (TPSA) is 56.7 Å². The van der Waals surface area contributed by atoms with Gasteiger partial charge in [-0.25, -0.2) is 4.98 Å². The zero-order valence-electron chi connectivity index (χ0n) is 8.48. The van der Waals surface area contributed by atoms with Gasteiger partial charge in [-0.15, -0.1) is 0 Å². The third-order valence-electron chi connectivity index (χ3n) is 2.23. The molecule has 0 fully saturated rings. The van der Waals surface area contributed by atoms with Crippen molar-refractivity contribution in [3.63, 3.8) is 0 Å². The van der Waals surface area contributed by atoms with Gasteiger partial charge in [0, 0.05) is 12.6 Å². The summed E-state index contributed by atoms with van der Waals surface area (Å²) in [7, 11) is 0. The van der Waals surface area contributed by atoms with Crippen molar-refractivity contribution in [1.29, 1.82) is 0 Å². The third kappa shape index (κ3) is 1.53. The van der Waals surface area contributed by atoms with Crippen LogP contribution in [0.4, 0.5) is 0 Å². The molecule has 0 amide bonds. The minimum absolute atomic E-state index is 0.592. The molecule has 5 nitrogen and oxygen atoms in total. The highest BCUT2D eigenvalue weighted by Gasteiger charge is 2.06. The number of aromatic nitrogens is 4. The van der Waals surface area contributed by atoms with E-state index < -0.39 is 0 Å². The van der Waals surface area contributed by atoms with Crippen molar-refractivity contribution >= 4 is 0 Å². The summed E-state index contributed by atoms with van der Waals surface area (Å²) in [6.07, 6.45) is 1.79. The zero-order valence-corrected chi connectivity index (χ0v) is 8.48. The lowest BCUT2D eigenvalue weighted by molar-refractivity contribution is 0.386. The lowest BCUT2D eigenvalue weighted by Gasteiger charge is -2.00. The molecule has 0 N–H and O–H groups in total. The molecule has 0 aliphatic carbocycles. The van der Waals surface area contributed by atoms with Gasteiger partial charge in [-0.3, -0.25) is 0 Å². The Morgan fingerprint density at radius 3 is 2.64 bits per heavy atom. The van der Waals surface area contributed by atoms with Gasteiger partial charge in [-0.05, 0) is 13.8 Å². The summed E-state index contributed by atoms with van der Waals surface area (Å²) in [5, 5.41) is 3.83. The van der Waals surface area contributed by atoms with Gasteiger partial charge < -0.3 is 9.09 Å². The van der Waals surface area contributed by atoms with Crippen LogP contribution in [0.25, 0.3) is 0 Å². The van der Waals surface area contributed by atoms with Crippen LogP contribution in [-0.2, 0) is 6.54 Å². The molecule has 5 heteroatoms. The fourth-order valence-corrected chi connectivity index (χ4v) is 1.26. The van der Waals surface area contributed by atoms with E-state index in [4.69, 9.17) is 4.52 Å². The molecule has 2 heterocycles. The van der Waals surface area contributed by atoms with E-state index in [1.807, 2.05) is 18.4 Å². The van der Waals surface area contributed by atoms with E-state index in [1.165, 1.54) is 0 Å². The summed E-state index contributed by atoms with van der Waals surface area (Å²) >= 11 is 0. The number of imidazole rings is 1. The van der Waals surface area contributed by atoms with E-state index in [-0.39, 0.29) is 0 Å². The van der Waals surface area contributed by atoms with Crippen molar-refractivity contribution in [3.8, 4) is 0 Å². The third-order valence-corrected chi connectivity index (χ3v) is 2.23. The van der Waals surface area contributed by atoms with Crippen LogP contribution in [-0.4, -0.2) is 19.7 Å². The van der Waals surface area contributed by atoms with E-state index >= 15 is 0 Å². The van der Waals surface area contributed by atoms with Gasteiger partial charge in [0.15, 0.2) is 5.82 Å². The molecular weight excluding hydrogens is 180 g/mol. The molecule has 2 aromatic rings. The summed E-state index contributed by atoms with van der Waals surface area (Å²) in [5.74, 6) is 1.28. The van der Waals surface area contributed by atoms with Gasteiger partial charge in [0.05, 0.1) is 18.6 Å². The fourth-order valence-electron chi connectivity index (χ4n) is 1.26. The van der Waals surface area contributed by atoms with Crippen LogP contribution >= 0.6 is 0 Å². The Balaban J connectivity index is 2.22. The Hall–Kier alpha value is -1.65. The summed E-state index contributed by atoms with van der Waals surface area (Å²) in [6, 6.07) is 0. The molecule has 0 radical (unpaired) electrons. The second-order valence-electron chi connectivity index (χ2n) is 3.27. The van der Waals surface area contributed by atoms with Crippen molar-refractivity contribution in [2.45, 2.75) is 27.3 Å². The molecule has 0 spiro atoms. The number of aryl methyl sites for hydroxylation is 2. The van der Waals surface area contributed by atoms with E-state index in [1.54, 1.807) is 13.3 Å². The first-order valence-electron chi connectivity index (χ1n) is 4.44. The van der Waals surface area contributed by atoms with Crippen LogP contribution in [0.15, 0.2) is 10.9 Å². The number of hydrogen-bond acceptors (Lipinski definition) is 4. The normalized spacial score (nSPS) is 10.8. The molecule has 74 valence electrons. The van der Waals surface area contributed by atoms with Crippen molar-refractivity contribution in [2.75, 3.05) is 0 Å². The summed E-state index contributed by atoms with van der Waals surface area (Å²) in [4.78, 5) is 8.33. The Labute approximate surface area is 81.8 Å². The molecule has 0 aromatic carbocycles. The summed E-state index contributed by atoms with van der Waals surface area (Å²) in [5.41, 5.74) is 2.16. The van der Waals surface area contributed by atoms with E-state index in [0.717, 1.165) is 11.4 Å². The average Bonchev–Trinajstić information content (AvgIpc) is 2.67. The molecule has 14 heavy (non-hydrogen) atoms. The minimum Gasteiger partial charge on any atom is -0.340 e. The largest absolute Gasteiger partial charge is 0.340 e. The average molecular weight is 192 g/mol. The molecule has 0 atom stereocenters. The molecule has 0 aliphatic rings. The first-order valence-corrected chi connectivity index (χ1v) is 4.44. The van der Waals surface area contributed by atoms with Gasteiger partial charge in [0.25, 0.3) is 0 Å². The highest BCUT2D eigenvalue weighted by atomic mass is 16.5. The maximum absolute atomic E-state index is 4.89. The highest BCUT2D eigenvalue weighted by molar-refractivity contribution is 5.09. The van der Waals surface area contributed by atoms with Crippen molar-refractivity contribution in [1.82, 2.24) is 19.7 Å². The molecular formula is C9H12N4O. The van der Waals surface area contributed by atoms with Crippen LogP contribution in [0.5, 0.6) is 0 Å². The highest BCUT2D eigenvalue weighted by Crippen LogP contribution is 2.06. The maximum atomic E-state index is 4.89. The maximum Gasteiger partial charge on any atom is 0.223 e. The van der Waals surface area contributed by atoms with Gasteiger partial charge >= 0.3 is 0 Å². The molecule has 2 rings (SSSR count). The smallest absolute Gasteiger partial charge is 0.223 e. The number of hydrogen-bond donors (Lipinski definition) is 0. The van der Waals surface area contributed by atoms with Crippen molar-refractivity contribution in [3.05, 3.63) is 29.4 Å². The van der Waals surface area contributed by atoms with Crippen LogP contribution in [0.3, 0.4) is 0 Å². The SMILES string of the molecule is Cc1nc(Cn2cnc(C)c2C)no1. The van der Waals surface area contributed by atoms with E-state index in [2.05, 4.69) is 15.1 Å². The Kier molecular flexibility index (Phi) is 2.07. The molecule has 0 bridgehead atoms. The van der Waals surface area contributed by atoms with Crippen molar-refractivity contribution in [2.24, 2.45) is 0 Å². The Morgan fingerprint density at radius 1 is 1.36 bits per heavy atom. The Bertz CT molecular complexity index is 443. The predicted octanol–water partition coefficient (Wildman–Crippen LogP) is 1.24. The van der Waals surface area contributed by atoms with E-state index in [0.29, 0.717) is 18.3 Å². The standard InChI is InChI=1S/C9H12N4O/c1-6-7(2)13(5-10-6)4-9-11-8(3)14-12-9/h5H,4H2,1-3H3. The van der Waals surface area contributed by atoms with Gasteiger partial charge in [-0.2, -0.15) is 4.98 Å². The lowest BCUT2D eigenvalue weighted by atomic mass is 10.4. The van der Waals surface area contributed by atoms with Gasteiger partial charge in [-0.1, -0.05) is 5.16 Å². The molecule has 0 saturated heterocycles.